The molecule has 1 saturated carbocycles. The third kappa shape index (κ3) is 1.23. The second-order valence-corrected chi connectivity index (χ2v) is 4.60. The summed E-state index contributed by atoms with van der Waals surface area (Å²) in [5.41, 5.74) is 5.03. The normalized spacial score (nSPS) is 25.1. The van der Waals surface area contributed by atoms with Crippen molar-refractivity contribution in [1.29, 1.82) is 0 Å². The van der Waals surface area contributed by atoms with Crippen LogP contribution in [0.2, 0.25) is 0 Å². The van der Waals surface area contributed by atoms with Gasteiger partial charge in [0.2, 0.25) is 5.91 Å². The number of likely N-dealkylation sites (tertiary alicyclic amines) is 1. The molecule has 1 aliphatic heterocycles. The fourth-order valence-electron chi connectivity index (χ4n) is 2.02. The first-order chi connectivity index (χ1) is 6.56. The minimum Gasteiger partial charge on any atom is -0.392 e. The van der Waals surface area contributed by atoms with E-state index in [1.54, 1.807) is 4.90 Å². The van der Waals surface area contributed by atoms with Crippen LogP contribution < -0.4 is 5.73 Å². The van der Waals surface area contributed by atoms with Gasteiger partial charge in [0.25, 0.3) is 0 Å². The number of hydrogen-bond acceptors (Lipinski definition) is 3. The highest BCUT2D eigenvalue weighted by Gasteiger charge is 2.50. The van der Waals surface area contributed by atoms with E-state index in [9.17, 15) is 4.79 Å². The van der Waals surface area contributed by atoms with E-state index >= 15 is 0 Å². The molecule has 0 aromatic carbocycles. The molecule has 5 heteroatoms. The summed E-state index contributed by atoms with van der Waals surface area (Å²) in [6, 6.07) is 0. The Balaban J connectivity index is 2.06. The molecule has 1 heterocycles. The van der Waals surface area contributed by atoms with Gasteiger partial charge in [0.15, 0.2) is 0 Å². The number of nitrogens with two attached hydrogens (primary N) is 1. The minimum atomic E-state index is -0.574. The van der Waals surface area contributed by atoms with E-state index in [4.69, 9.17) is 23.1 Å². The van der Waals surface area contributed by atoms with Gasteiger partial charge in [0.1, 0.15) is 0 Å². The Kier molecular flexibility index (Phi) is 2.23. The summed E-state index contributed by atoms with van der Waals surface area (Å²) in [6.45, 7) is 0.867. The molecule has 14 heavy (non-hydrogen) atoms. The van der Waals surface area contributed by atoms with Crippen LogP contribution in [0.5, 0.6) is 0 Å². The number of carbonyl (C=O) groups excluding carboxylic acids is 1. The Labute approximate surface area is 88.1 Å². The molecular weight excluding hydrogens is 200 g/mol. The first kappa shape index (κ1) is 9.86. The molecule has 3 N–H and O–H groups in total. The first-order valence-electron chi connectivity index (χ1n) is 4.83. The highest BCUT2D eigenvalue weighted by Crippen LogP contribution is 2.43. The Morgan fingerprint density at radius 3 is 2.36 bits per heavy atom. The van der Waals surface area contributed by atoms with E-state index in [1.807, 2.05) is 0 Å². The quantitative estimate of drug-likeness (QED) is 0.616. The van der Waals surface area contributed by atoms with E-state index in [0.29, 0.717) is 18.1 Å². The molecule has 0 aromatic rings. The zero-order chi connectivity index (χ0) is 10.3. The summed E-state index contributed by atoms with van der Waals surface area (Å²) in [4.78, 5) is 13.9. The number of aliphatic hydroxyl groups is 1. The molecule has 1 saturated heterocycles. The minimum absolute atomic E-state index is 0.0153. The van der Waals surface area contributed by atoms with Crippen LogP contribution in [0.25, 0.3) is 0 Å². The maximum Gasteiger partial charge on any atom is 0.235 e. The van der Waals surface area contributed by atoms with Gasteiger partial charge in [-0.25, -0.2) is 0 Å². The number of carbonyl (C=O) groups is 1. The lowest BCUT2D eigenvalue weighted by molar-refractivity contribution is -0.152. The van der Waals surface area contributed by atoms with Crippen LogP contribution in [-0.2, 0) is 4.79 Å². The van der Waals surface area contributed by atoms with E-state index in [0.717, 1.165) is 19.3 Å². The van der Waals surface area contributed by atoms with Gasteiger partial charge in [0.05, 0.1) is 16.5 Å². The average molecular weight is 214 g/mol. The van der Waals surface area contributed by atoms with Crippen molar-refractivity contribution in [2.75, 3.05) is 13.1 Å². The lowest BCUT2D eigenvalue weighted by Gasteiger charge is -2.46. The predicted octanol–water partition coefficient (Wildman–Crippen LogP) is -0.354. The maximum absolute atomic E-state index is 12.0. The van der Waals surface area contributed by atoms with Gasteiger partial charge in [-0.2, -0.15) is 0 Å². The largest absolute Gasteiger partial charge is 0.392 e. The van der Waals surface area contributed by atoms with Gasteiger partial charge in [-0.15, -0.1) is 0 Å². The molecule has 2 aliphatic rings. The van der Waals surface area contributed by atoms with Gasteiger partial charge in [-0.3, -0.25) is 4.79 Å². The SMILES string of the molecule is NC(=S)C1(C(=O)N2CC(O)C2)CCC1. The summed E-state index contributed by atoms with van der Waals surface area (Å²) in [5, 5.41) is 9.10. The fraction of sp³-hybridized carbons (Fsp3) is 0.778. The second-order valence-electron chi connectivity index (χ2n) is 4.16. The van der Waals surface area contributed by atoms with Crippen LogP contribution in [0.1, 0.15) is 19.3 Å². The van der Waals surface area contributed by atoms with Crippen molar-refractivity contribution in [3.63, 3.8) is 0 Å². The molecule has 1 amide bonds. The van der Waals surface area contributed by atoms with Crippen molar-refractivity contribution in [2.45, 2.75) is 25.4 Å². The summed E-state index contributed by atoms with van der Waals surface area (Å²) in [7, 11) is 0. The number of amides is 1. The Hall–Kier alpha value is -0.680. The molecule has 0 radical (unpaired) electrons. The number of β-amino-alcohol motifs (C(OH)–C–C–N with tert-alkyl or cyclic N) is 1. The Morgan fingerprint density at radius 1 is 1.50 bits per heavy atom. The van der Waals surface area contributed by atoms with Gasteiger partial charge < -0.3 is 15.7 Å². The Bertz CT molecular complexity index is 283. The maximum atomic E-state index is 12.0. The third-order valence-corrected chi connectivity index (χ3v) is 3.63. The van der Waals surface area contributed by atoms with Gasteiger partial charge in [-0.1, -0.05) is 18.6 Å². The summed E-state index contributed by atoms with van der Waals surface area (Å²) >= 11 is 4.95. The van der Waals surface area contributed by atoms with Crippen molar-refractivity contribution >= 4 is 23.1 Å². The van der Waals surface area contributed by atoms with Crippen LogP contribution in [0.3, 0.4) is 0 Å². The number of aliphatic hydroxyl groups excluding tert-OH is 1. The molecule has 2 fully saturated rings. The van der Waals surface area contributed by atoms with Gasteiger partial charge in [-0.05, 0) is 12.8 Å². The lowest BCUT2D eigenvalue weighted by Crippen LogP contribution is -2.62. The van der Waals surface area contributed by atoms with Crippen LogP contribution >= 0.6 is 12.2 Å². The summed E-state index contributed by atoms with van der Waals surface area (Å²) in [5.74, 6) is 0.0153. The fourth-order valence-corrected chi connectivity index (χ4v) is 2.31. The lowest BCUT2D eigenvalue weighted by atomic mass is 9.67. The van der Waals surface area contributed by atoms with E-state index < -0.39 is 5.41 Å². The van der Waals surface area contributed by atoms with Crippen LogP contribution in [0.4, 0.5) is 0 Å². The highest BCUT2D eigenvalue weighted by molar-refractivity contribution is 7.80. The van der Waals surface area contributed by atoms with Crippen molar-refractivity contribution < 1.29 is 9.90 Å². The zero-order valence-electron chi connectivity index (χ0n) is 7.90. The zero-order valence-corrected chi connectivity index (χ0v) is 8.72. The molecule has 4 nitrogen and oxygen atoms in total. The molecule has 0 spiro atoms. The molecule has 78 valence electrons. The van der Waals surface area contributed by atoms with E-state index in [2.05, 4.69) is 0 Å². The molecule has 0 bridgehead atoms. The van der Waals surface area contributed by atoms with Crippen LogP contribution in [-0.4, -0.2) is 40.1 Å². The first-order valence-corrected chi connectivity index (χ1v) is 5.24. The van der Waals surface area contributed by atoms with E-state index in [-0.39, 0.29) is 12.0 Å². The van der Waals surface area contributed by atoms with Crippen molar-refractivity contribution in [3.05, 3.63) is 0 Å². The number of hydrogen-bond donors (Lipinski definition) is 2. The van der Waals surface area contributed by atoms with Crippen LogP contribution in [0, 0.1) is 5.41 Å². The second kappa shape index (κ2) is 3.17. The number of rotatable bonds is 2. The monoisotopic (exact) mass is 214 g/mol. The molecule has 1 aliphatic carbocycles. The molecule has 0 unspecified atom stereocenters. The van der Waals surface area contributed by atoms with Gasteiger partial charge >= 0.3 is 0 Å². The molecular formula is C9H14N2O2S. The van der Waals surface area contributed by atoms with Gasteiger partial charge in [0, 0.05) is 13.1 Å². The topological polar surface area (TPSA) is 66.6 Å². The van der Waals surface area contributed by atoms with Crippen molar-refractivity contribution in [1.82, 2.24) is 4.90 Å². The Morgan fingerprint density at radius 2 is 2.07 bits per heavy atom. The number of thiocarbonyl (C=S) groups is 1. The molecule has 0 atom stereocenters. The number of nitrogens with zero attached hydrogens (tertiary/aromatic N) is 1. The van der Waals surface area contributed by atoms with E-state index in [1.165, 1.54) is 0 Å². The predicted molar refractivity (Wildman–Crippen MR) is 55.7 cm³/mol. The third-order valence-electron chi connectivity index (χ3n) is 3.24. The summed E-state index contributed by atoms with van der Waals surface area (Å²) < 4.78 is 0. The van der Waals surface area contributed by atoms with Crippen LogP contribution in [0.15, 0.2) is 0 Å². The summed E-state index contributed by atoms with van der Waals surface area (Å²) in [6.07, 6.45) is 2.20. The molecule has 2 rings (SSSR count). The van der Waals surface area contributed by atoms with Crippen molar-refractivity contribution in [3.8, 4) is 0 Å². The smallest absolute Gasteiger partial charge is 0.235 e. The average Bonchev–Trinajstić information content (AvgIpc) is 1.95. The standard InChI is InChI=1S/C9H14N2O2S/c10-7(14)9(2-1-3-9)8(13)11-4-6(12)5-11/h6,12H,1-5H2,(H2,10,14). The molecule has 0 aromatic heterocycles. The van der Waals surface area contributed by atoms with Crippen molar-refractivity contribution in [2.24, 2.45) is 11.1 Å². The highest BCUT2D eigenvalue weighted by atomic mass is 32.1.